The third-order valence-electron chi connectivity index (χ3n) is 5.76. The number of nitrogens with zero attached hydrogens (tertiary/aromatic N) is 2. The number of halogens is 1. The van der Waals surface area contributed by atoms with Crippen LogP contribution >= 0.6 is 11.3 Å². The molecule has 4 aromatic rings. The monoisotopic (exact) mass is 475 g/mol. The van der Waals surface area contributed by atoms with Crippen LogP contribution < -0.4 is 14.8 Å². The first-order chi connectivity index (χ1) is 16.6. The van der Waals surface area contributed by atoms with E-state index in [1.165, 1.54) is 23.0 Å². The SMILES string of the molecule is COc1cc(-c2nnc(NC(=O)C3CC3c3ccccc3)s2)ccc1OCc1ccccc1F. The summed E-state index contributed by atoms with van der Waals surface area (Å²) in [5.41, 5.74) is 2.43. The summed E-state index contributed by atoms with van der Waals surface area (Å²) in [6.45, 7) is 0.0858. The average molecular weight is 476 g/mol. The van der Waals surface area contributed by atoms with Crippen molar-refractivity contribution in [2.75, 3.05) is 12.4 Å². The highest BCUT2D eigenvalue weighted by molar-refractivity contribution is 7.18. The molecule has 8 heteroatoms. The van der Waals surface area contributed by atoms with Crippen LogP contribution in [0.4, 0.5) is 9.52 Å². The van der Waals surface area contributed by atoms with Crippen molar-refractivity contribution < 1.29 is 18.7 Å². The molecule has 172 valence electrons. The summed E-state index contributed by atoms with van der Waals surface area (Å²) in [7, 11) is 1.54. The number of ether oxygens (including phenoxy) is 2. The Bertz CT molecular complexity index is 1310. The van der Waals surface area contributed by atoms with E-state index in [-0.39, 0.29) is 30.2 Å². The Morgan fingerprint density at radius 2 is 1.85 bits per heavy atom. The van der Waals surface area contributed by atoms with Gasteiger partial charge in [-0.05, 0) is 42.2 Å². The number of nitrogens with one attached hydrogen (secondary N) is 1. The molecule has 5 rings (SSSR count). The van der Waals surface area contributed by atoms with Crippen molar-refractivity contribution in [3.05, 3.63) is 89.7 Å². The van der Waals surface area contributed by atoms with Crippen LogP contribution in [-0.4, -0.2) is 23.2 Å². The number of hydrogen-bond donors (Lipinski definition) is 1. The van der Waals surface area contributed by atoms with E-state index in [4.69, 9.17) is 9.47 Å². The first kappa shape index (κ1) is 22.0. The summed E-state index contributed by atoms with van der Waals surface area (Å²) >= 11 is 1.29. The highest BCUT2D eigenvalue weighted by atomic mass is 32.1. The normalized spacial score (nSPS) is 16.6. The molecule has 0 saturated heterocycles. The van der Waals surface area contributed by atoms with Gasteiger partial charge in [0, 0.05) is 17.0 Å². The number of anilines is 1. The summed E-state index contributed by atoms with van der Waals surface area (Å²) in [5.74, 6) is 0.857. The number of carbonyl (C=O) groups excluding carboxylic acids is 1. The Hall–Kier alpha value is -3.78. The summed E-state index contributed by atoms with van der Waals surface area (Å²) in [6.07, 6.45) is 0.840. The minimum Gasteiger partial charge on any atom is -0.493 e. The van der Waals surface area contributed by atoms with E-state index in [0.717, 1.165) is 12.0 Å². The quantitative estimate of drug-likeness (QED) is 0.355. The number of aromatic nitrogens is 2. The highest BCUT2D eigenvalue weighted by Crippen LogP contribution is 2.48. The van der Waals surface area contributed by atoms with Gasteiger partial charge < -0.3 is 14.8 Å². The smallest absolute Gasteiger partial charge is 0.229 e. The molecule has 1 heterocycles. The van der Waals surface area contributed by atoms with Gasteiger partial charge in [0.05, 0.1) is 7.11 Å². The van der Waals surface area contributed by atoms with E-state index in [2.05, 4.69) is 27.6 Å². The second-order valence-electron chi connectivity index (χ2n) is 8.01. The first-order valence-corrected chi connectivity index (χ1v) is 11.7. The molecule has 2 atom stereocenters. The Balaban J connectivity index is 1.24. The fourth-order valence-corrected chi connectivity index (χ4v) is 4.58. The van der Waals surface area contributed by atoms with Crippen molar-refractivity contribution in [3.63, 3.8) is 0 Å². The van der Waals surface area contributed by atoms with Crippen LogP contribution in [0.1, 0.15) is 23.5 Å². The van der Waals surface area contributed by atoms with Gasteiger partial charge >= 0.3 is 0 Å². The van der Waals surface area contributed by atoms with Crippen molar-refractivity contribution in [1.82, 2.24) is 10.2 Å². The number of benzene rings is 3. The zero-order valence-corrected chi connectivity index (χ0v) is 19.2. The molecule has 1 fully saturated rings. The lowest BCUT2D eigenvalue weighted by Crippen LogP contribution is -2.14. The topological polar surface area (TPSA) is 73.3 Å². The zero-order chi connectivity index (χ0) is 23.5. The zero-order valence-electron chi connectivity index (χ0n) is 18.4. The molecule has 0 radical (unpaired) electrons. The van der Waals surface area contributed by atoms with Gasteiger partial charge in [-0.25, -0.2) is 4.39 Å². The van der Waals surface area contributed by atoms with E-state index in [1.807, 2.05) is 24.3 Å². The minimum absolute atomic E-state index is 0.0361. The van der Waals surface area contributed by atoms with E-state index in [1.54, 1.807) is 37.4 Å². The molecular formula is C26H22FN3O3S. The molecule has 2 unspecified atom stereocenters. The van der Waals surface area contributed by atoms with Crippen molar-refractivity contribution in [2.24, 2.45) is 5.92 Å². The Morgan fingerprint density at radius 1 is 1.06 bits per heavy atom. The van der Waals surface area contributed by atoms with Crippen molar-refractivity contribution in [2.45, 2.75) is 18.9 Å². The number of carbonyl (C=O) groups is 1. The predicted molar refractivity (Wildman–Crippen MR) is 129 cm³/mol. The van der Waals surface area contributed by atoms with Crippen molar-refractivity contribution >= 4 is 22.4 Å². The molecule has 0 spiro atoms. The van der Waals surface area contributed by atoms with Crippen molar-refractivity contribution in [3.8, 4) is 22.1 Å². The summed E-state index contributed by atoms with van der Waals surface area (Å²) in [6, 6.07) is 21.9. The van der Waals surface area contributed by atoms with Gasteiger partial charge in [-0.2, -0.15) is 0 Å². The minimum atomic E-state index is -0.317. The lowest BCUT2D eigenvalue weighted by Gasteiger charge is -2.12. The van der Waals surface area contributed by atoms with E-state index in [0.29, 0.717) is 27.2 Å². The Morgan fingerprint density at radius 3 is 2.65 bits per heavy atom. The standard InChI is InChI=1S/C26H22FN3O3S/c1-32-23-13-17(11-12-22(23)33-15-18-9-5-6-10-21(18)27)25-29-30-26(34-25)28-24(31)20-14-19(20)16-7-3-2-4-8-16/h2-13,19-20H,14-15H2,1H3,(H,28,30,31). The third-order valence-corrected chi connectivity index (χ3v) is 6.65. The largest absolute Gasteiger partial charge is 0.493 e. The van der Waals surface area contributed by atoms with E-state index >= 15 is 0 Å². The van der Waals surface area contributed by atoms with Gasteiger partial charge in [0.25, 0.3) is 0 Å². The second-order valence-corrected chi connectivity index (χ2v) is 8.98. The average Bonchev–Trinajstić information content (AvgIpc) is 3.55. The molecule has 1 N–H and O–H groups in total. The van der Waals surface area contributed by atoms with Gasteiger partial charge in [-0.15, -0.1) is 10.2 Å². The maximum absolute atomic E-state index is 13.9. The van der Waals surface area contributed by atoms with Gasteiger partial charge in [0.1, 0.15) is 17.4 Å². The van der Waals surface area contributed by atoms with Crippen LogP contribution in [0.5, 0.6) is 11.5 Å². The molecule has 1 saturated carbocycles. The Kier molecular flexibility index (Phi) is 6.22. The molecule has 0 bridgehead atoms. The lowest BCUT2D eigenvalue weighted by atomic mass is 10.1. The van der Waals surface area contributed by atoms with Gasteiger partial charge in [0.2, 0.25) is 11.0 Å². The molecule has 1 aliphatic carbocycles. The lowest BCUT2D eigenvalue weighted by molar-refractivity contribution is -0.117. The van der Waals surface area contributed by atoms with E-state index in [9.17, 15) is 9.18 Å². The molecular weight excluding hydrogens is 453 g/mol. The van der Waals surface area contributed by atoms with Crippen LogP contribution in [0, 0.1) is 11.7 Å². The maximum atomic E-state index is 13.9. The highest BCUT2D eigenvalue weighted by Gasteiger charge is 2.44. The summed E-state index contributed by atoms with van der Waals surface area (Å²) in [5, 5.41) is 12.3. The van der Waals surface area contributed by atoms with Crippen LogP contribution in [0.3, 0.4) is 0 Å². The van der Waals surface area contributed by atoms with Crippen LogP contribution in [0.15, 0.2) is 72.8 Å². The number of rotatable bonds is 8. The first-order valence-electron chi connectivity index (χ1n) is 10.9. The fraction of sp³-hybridized carbons (Fsp3) is 0.192. The maximum Gasteiger partial charge on any atom is 0.229 e. The van der Waals surface area contributed by atoms with Crippen LogP contribution in [-0.2, 0) is 11.4 Å². The summed E-state index contributed by atoms with van der Waals surface area (Å²) < 4.78 is 25.1. The number of hydrogen-bond acceptors (Lipinski definition) is 6. The molecule has 1 aromatic heterocycles. The van der Waals surface area contributed by atoms with E-state index < -0.39 is 0 Å². The van der Waals surface area contributed by atoms with Gasteiger partial charge in [-0.1, -0.05) is 59.9 Å². The van der Waals surface area contributed by atoms with Crippen LogP contribution in [0.2, 0.25) is 0 Å². The number of amides is 1. The molecule has 1 aliphatic rings. The molecule has 6 nitrogen and oxygen atoms in total. The molecule has 3 aromatic carbocycles. The van der Waals surface area contributed by atoms with Crippen molar-refractivity contribution in [1.29, 1.82) is 0 Å². The molecule has 34 heavy (non-hydrogen) atoms. The number of methoxy groups -OCH3 is 1. The predicted octanol–water partition coefficient (Wildman–Crippen LogP) is 5.67. The van der Waals surface area contributed by atoms with Gasteiger partial charge in [-0.3, -0.25) is 4.79 Å². The van der Waals surface area contributed by atoms with Crippen LogP contribution in [0.25, 0.3) is 10.6 Å². The molecule has 0 aliphatic heterocycles. The summed E-state index contributed by atoms with van der Waals surface area (Å²) in [4.78, 5) is 12.6. The fourth-order valence-electron chi connectivity index (χ4n) is 3.83. The Labute approximate surface area is 200 Å². The second kappa shape index (κ2) is 9.61. The van der Waals surface area contributed by atoms with Gasteiger partial charge in [0.15, 0.2) is 11.5 Å². The third kappa shape index (κ3) is 4.77. The molecule has 1 amide bonds.